The number of hydrogen-bond donors (Lipinski definition) is 1. The second-order valence-electron chi connectivity index (χ2n) is 7.85. The molecule has 1 heterocycles. The lowest BCUT2D eigenvalue weighted by atomic mass is 10.0. The highest BCUT2D eigenvalue weighted by atomic mass is 32.2. The fraction of sp³-hybridized carbons (Fsp3) is 0.364. The van der Waals surface area contributed by atoms with Crippen molar-refractivity contribution in [3.05, 3.63) is 70.6 Å². The van der Waals surface area contributed by atoms with E-state index in [1.165, 1.54) is 16.8 Å². The molecule has 0 spiro atoms. The van der Waals surface area contributed by atoms with Crippen LogP contribution in [-0.4, -0.2) is 55.4 Å². The minimum atomic E-state index is -4.02. The van der Waals surface area contributed by atoms with Crippen LogP contribution in [0.4, 0.5) is 4.39 Å². The van der Waals surface area contributed by atoms with E-state index in [-0.39, 0.29) is 10.6 Å². The molecule has 0 unspecified atom stereocenters. The molecule has 0 radical (unpaired) electrons. The van der Waals surface area contributed by atoms with Gasteiger partial charge in [-0.1, -0.05) is 23.8 Å². The van der Waals surface area contributed by atoms with Gasteiger partial charge in [-0.3, -0.25) is 4.90 Å². The molecule has 0 aliphatic heterocycles. The molecule has 2 N–H and O–H groups in total. The summed E-state index contributed by atoms with van der Waals surface area (Å²) in [6, 6.07) is 9.66. The van der Waals surface area contributed by atoms with E-state index in [1.807, 2.05) is 37.9 Å². The Bertz CT molecular complexity index is 1210. The van der Waals surface area contributed by atoms with Gasteiger partial charge in [-0.25, -0.2) is 27.6 Å². The maximum Gasteiger partial charge on any atom is 0.238 e. The van der Waals surface area contributed by atoms with Crippen LogP contribution in [0.1, 0.15) is 28.3 Å². The molecule has 1 aromatic heterocycles. The van der Waals surface area contributed by atoms with Crippen molar-refractivity contribution < 1.29 is 17.5 Å². The highest BCUT2D eigenvalue weighted by Crippen LogP contribution is 2.22. The number of aryl methyl sites for hydroxylation is 2. The zero-order valence-corrected chi connectivity index (χ0v) is 19.5. The van der Waals surface area contributed by atoms with Crippen molar-refractivity contribution in [1.29, 1.82) is 0 Å². The van der Waals surface area contributed by atoms with Gasteiger partial charge in [0, 0.05) is 20.1 Å². The van der Waals surface area contributed by atoms with Gasteiger partial charge >= 0.3 is 0 Å². The summed E-state index contributed by atoms with van der Waals surface area (Å²) in [4.78, 5) is 6.38. The first-order valence-electron chi connectivity index (χ1n) is 10.1. The Hall–Kier alpha value is -2.66. The lowest BCUT2D eigenvalue weighted by Gasteiger charge is -2.13. The molecule has 0 atom stereocenters. The van der Waals surface area contributed by atoms with E-state index in [4.69, 9.17) is 9.88 Å². The number of nitrogens with zero attached hydrogens (tertiary/aromatic N) is 4. The van der Waals surface area contributed by atoms with Crippen molar-refractivity contribution in [2.24, 2.45) is 5.14 Å². The molecule has 0 saturated heterocycles. The molecule has 0 aliphatic carbocycles. The maximum absolute atomic E-state index is 14.9. The smallest absolute Gasteiger partial charge is 0.238 e. The highest BCUT2D eigenvalue weighted by molar-refractivity contribution is 7.89. The van der Waals surface area contributed by atoms with Crippen molar-refractivity contribution in [3.8, 4) is 5.69 Å². The second kappa shape index (κ2) is 9.86. The van der Waals surface area contributed by atoms with Crippen molar-refractivity contribution in [1.82, 2.24) is 19.7 Å². The minimum absolute atomic E-state index is 0.107. The Kier molecular flexibility index (Phi) is 7.40. The summed E-state index contributed by atoms with van der Waals surface area (Å²) < 4.78 is 44.6. The fourth-order valence-electron chi connectivity index (χ4n) is 3.33. The largest absolute Gasteiger partial charge is 0.383 e. The predicted octanol–water partition coefficient (Wildman–Crippen LogP) is 2.34. The number of likely N-dealkylation sites (N-methyl/N-ethyl adjacent to an activating group) is 1. The summed E-state index contributed by atoms with van der Waals surface area (Å²) in [5, 5.41) is 9.66. The van der Waals surface area contributed by atoms with E-state index in [0.717, 1.165) is 22.8 Å². The molecular weight excluding hydrogens is 433 g/mol. The number of methoxy groups -OCH3 is 1. The van der Waals surface area contributed by atoms with E-state index in [9.17, 15) is 12.8 Å². The Morgan fingerprint density at radius 2 is 1.94 bits per heavy atom. The number of sulfonamides is 1. The average molecular weight is 462 g/mol. The quantitative estimate of drug-likeness (QED) is 0.525. The summed E-state index contributed by atoms with van der Waals surface area (Å²) >= 11 is 0. The Morgan fingerprint density at radius 1 is 1.19 bits per heavy atom. The molecule has 0 amide bonds. The van der Waals surface area contributed by atoms with Crippen LogP contribution in [-0.2, 0) is 27.7 Å². The molecule has 172 valence electrons. The fourth-order valence-corrected chi connectivity index (χ4v) is 3.86. The number of primary sulfonamides is 1. The first-order valence-corrected chi connectivity index (χ1v) is 11.6. The van der Waals surface area contributed by atoms with Gasteiger partial charge in [-0.15, -0.1) is 5.10 Å². The van der Waals surface area contributed by atoms with Gasteiger partial charge in [-0.05, 0) is 50.2 Å². The zero-order valence-electron chi connectivity index (χ0n) is 18.7. The van der Waals surface area contributed by atoms with Gasteiger partial charge in [0.15, 0.2) is 5.82 Å². The van der Waals surface area contributed by atoms with Crippen molar-refractivity contribution in [2.45, 2.75) is 31.7 Å². The van der Waals surface area contributed by atoms with E-state index in [0.29, 0.717) is 37.8 Å². The summed E-state index contributed by atoms with van der Waals surface area (Å²) in [6.07, 6.45) is 0.443. The van der Waals surface area contributed by atoms with Crippen LogP contribution in [0.15, 0.2) is 41.3 Å². The number of hydrogen-bond acceptors (Lipinski definition) is 6. The van der Waals surface area contributed by atoms with Gasteiger partial charge in [-0.2, -0.15) is 0 Å². The van der Waals surface area contributed by atoms with Gasteiger partial charge in [0.25, 0.3) is 0 Å². The van der Waals surface area contributed by atoms with Crippen molar-refractivity contribution in [3.63, 3.8) is 0 Å². The third-order valence-electron chi connectivity index (χ3n) is 5.14. The van der Waals surface area contributed by atoms with Gasteiger partial charge in [0.1, 0.15) is 17.3 Å². The summed E-state index contributed by atoms with van der Waals surface area (Å²) in [6.45, 7) is 5.73. The Morgan fingerprint density at radius 3 is 2.59 bits per heavy atom. The van der Waals surface area contributed by atoms with Crippen molar-refractivity contribution >= 4 is 10.0 Å². The van der Waals surface area contributed by atoms with Gasteiger partial charge in [0.2, 0.25) is 10.0 Å². The van der Waals surface area contributed by atoms with E-state index >= 15 is 0 Å². The van der Waals surface area contributed by atoms with Crippen LogP contribution in [0.3, 0.4) is 0 Å². The normalized spacial score (nSPS) is 12.0. The van der Waals surface area contributed by atoms with Crippen LogP contribution in [0.25, 0.3) is 5.69 Å². The second-order valence-corrected chi connectivity index (χ2v) is 9.41. The van der Waals surface area contributed by atoms with Crippen LogP contribution in [0.5, 0.6) is 0 Å². The topological polar surface area (TPSA) is 103 Å². The number of rotatable bonds is 9. The maximum atomic E-state index is 14.9. The summed E-state index contributed by atoms with van der Waals surface area (Å²) in [5.74, 6) is 0.331. The standard InChI is InChI=1S/C22H28FN5O3S/c1-15-5-6-16(2)17(11-15)12-22-25-21(14-27(3)9-10-31-4)26-28(22)20-8-7-18(13-19(20)23)32(24,29)30/h5-8,11,13H,9-10,12,14H2,1-4H3,(H2,24,29,30). The zero-order chi connectivity index (χ0) is 23.5. The van der Waals surface area contributed by atoms with Crippen LogP contribution in [0, 0.1) is 19.7 Å². The lowest BCUT2D eigenvalue weighted by molar-refractivity contribution is 0.157. The Balaban J connectivity index is 2.04. The molecule has 3 aromatic rings. The van der Waals surface area contributed by atoms with Crippen LogP contribution in [0.2, 0.25) is 0 Å². The van der Waals surface area contributed by atoms with Gasteiger partial charge in [0.05, 0.1) is 18.0 Å². The molecule has 2 aromatic carbocycles. The lowest BCUT2D eigenvalue weighted by Crippen LogP contribution is -2.23. The van der Waals surface area contributed by atoms with E-state index in [2.05, 4.69) is 16.1 Å². The average Bonchev–Trinajstić information content (AvgIpc) is 3.10. The van der Waals surface area contributed by atoms with Crippen molar-refractivity contribution in [2.75, 3.05) is 27.3 Å². The highest BCUT2D eigenvalue weighted by Gasteiger charge is 2.19. The number of benzene rings is 2. The van der Waals surface area contributed by atoms with E-state index < -0.39 is 15.8 Å². The SMILES string of the molecule is COCCN(C)Cc1nc(Cc2cc(C)ccc2C)n(-c2ccc(S(N)(=O)=O)cc2F)n1. The molecule has 0 saturated carbocycles. The predicted molar refractivity (Wildman–Crippen MR) is 120 cm³/mol. The first kappa shape index (κ1) is 24.0. The molecule has 10 heteroatoms. The number of ether oxygens (including phenoxy) is 1. The molecule has 8 nitrogen and oxygen atoms in total. The van der Waals surface area contributed by atoms with Crippen LogP contribution >= 0.6 is 0 Å². The number of nitrogens with two attached hydrogens (primary N) is 1. The van der Waals surface area contributed by atoms with Crippen LogP contribution < -0.4 is 5.14 Å². The Labute approximate surface area is 187 Å². The summed E-state index contributed by atoms with van der Waals surface area (Å²) in [5.41, 5.74) is 3.37. The van der Waals surface area contributed by atoms with Gasteiger partial charge < -0.3 is 4.74 Å². The molecule has 32 heavy (non-hydrogen) atoms. The molecule has 3 rings (SSSR count). The molecular formula is C22H28FN5O3S. The monoisotopic (exact) mass is 461 g/mol. The molecule has 0 fully saturated rings. The number of aromatic nitrogens is 3. The third kappa shape index (κ3) is 5.77. The minimum Gasteiger partial charge on any atom is -0.383 e. The summed E-state index contributed by atoms with van der Waals surface area (Å²) in [7, 11) is -0.459. The molecule has 0 aliphatic rings. The third-order valence-corrected chi connectivity index (χ3v) is 6.05. The molecule has 0 bridgehead atoms. The number of halogens is 1. The first-order chi connectivity index (χ1) is 15.1. The van der Waals surface area contributed by atoms with E-state index in [1.54, 1.807) is 7.11 Å².